The Morgan fingerprint density at radius 2 is 2.29 bits per heavy atom. The van der Waals surface area contributed by atoms with Crippen molar-refractivity contribution in [3.63, 3.8) is 0 Å². The summed E-state index contributed by atoms with van der Waals surface area (Å²) in [4.78, 5) is 11.8. The molecule has 1 atom stereocenters. The minimum atomic E-state index is 0.207. The minimum Gasteiger partial charge on any atom is -0.396 e. The van der Waals surface area contributed by atoms with Crippen molar-refractivity contribution in [3.8, 4) is 0 Å². The van der Waals surface area contributed by atoms with Crippen molar-refractivity contribution in [1.29, 1.82) is 0 Å². The van der Waals surface area contributed by atoms with E-state index in [-0.39, 0.29) is 6.61 Å². The molecule has 0 amide bonds. The molecule has 3 rings (SSSR count). The molecule has 5 nitrogen and oxygen atoms in total. The van der Waals surface area contributed by atoms with Gasteiger partial charge < -0.3 is 5.11 Å². The van der Waals surface area contributed by atoms with Gasteiger partial charge in [-0.25, -0.2) is 9.97 Å². The number of aliphatic hydroxyl groups is 1. The fourth-order valence-corrected chi connectivity index (χ4v) is 3.34. The molecule has 3 heterocycles. The third kappa shape index (κ3) is 2.80. The number of rotatable bonds is 5. The molecule has 0 spiro atoms. The van der Waals surface area contributed by atoms with Crippen molar-refractivity contribution < 1.29 is 5.11 Å². The molecule has 1 aliphatic heterocycles. The van der Waals surface area contributed by atoms with Gasteiger partial charge in [-0.05, 0) is 44.4 Å². The molecular formula is C16H24N4O. The van der Waals surface area contributed by atoms with Crippen LogP contribution in [0.5, 0.6) is 0 Å². The summed E-state index contributed by atoms with van der Waals surface area (Å²) in [6.07, 6.45) is 7.45. The third-order valence-electron chi connectivity index (χ3n) is 4.36. The molecule has 0 aromatic carbocycles. The lowest BCUT2D eigenvalue weighted by Crippen LogP contribution is -2.37. The van der Waals surface area contributed by atoms with Gasteiger partial charge in [0, 0.05) is 25.8 Å². The number of nitrogens with zero attached hydrogens (tertiary/aromatic N) is 4. The molecule has 5 heteroatoms. The zero-order chi connectivity index (χ0) is 14.7. The van der Waals surface area contributed by atoms with E-state index in [0.717, 1.165) is 49.3 Å². The zero-order valence-electron chi connectivity index (χ0n) is 12.7. The van der Waals surface area contributed by atoms with E-state index < -0.39 is 0 Å². The number of hydrogen-bond donors (Lipinski definition) is 1. The Bertz CT molecular complexity index is 595. The Kier molecular flexibility index (Phi) is 4.51. The highest BCUT2D eigenvalue weighted by molar-refractivity contribution is 5.71. The van der Waals surface area contributed by atoms with E-state index in [1.54, 1.807) is 0 Å². The summed E-state index contributed by atoms with van der Waals surface area (Å²) in [6, 6.07) is 3.97. The van der Waals surface area contributed by atoms with Crippen molar-refractivity contribution in [2.45, 2.75) is 45.2 Å². The van der Waals surface area contributed by atoms with E-state index in [1.165, 1.54) is 12.8 Å². The zero-order valence-corrected chi connectivity index (χ0v) is 12.7. The maximum Gasteiger partial charge on any atom is 0.161 e. The number of pyridine rings is 1. The van der Waals surface area contributed by atoms with Crippen LogP contribution in [0.15, 0.2) is 18.3 Å². The first-order valence-electron chi connectivity index (χ1n) is 8.02. The molecule has 1 saturated heterocycles. The minimum absolute atomic E-state index is 0.207. The molecule has 0 saturated carbocycles. The van der Waals surface area contributed by atoms with Crippen LogP contribution in [0.2, 0.25) is 0 Å². The van der Waals surface area contributed by atoms with Gasteiger partial charge in [-0.2, -0.15) is 0 Å². The lowest BCUT2D eigenvalue weighted by Gasteiger charge is -2.36. The summed E-state index contributed by atoms with van der Waals surface area (Å²) >= 11 is 0. The van der Waals surface area contributed by atoms with Gasteiger partial charge in [0.1, 0.15) is 11.3 Å². The normalized spacial score (nSPS) is 20.2. The first-order chi connectivity index (χ1) is 10.3. The number of piperidine rings is 1. The van der Waals surface area contributed by atoms with Gasteiger partial charge in [0.25, 0.3) is 0 Å². The number of hydrogen-bond acceptors (Lipinski definition) is 4. The monoisotopic (exact) mass is 288 g/mol. The van der Waals surface area contributed by atoms with Crippen molar-refractivity contribution >= 4 is 11.2 Å². The molecule has 0 bridgehead atoms. The maximum absolute atomic E-state index is 9.14. The predicted octanol–water partition coefficient (Wildman–Crippen LogP) is 2.36. The van der Waals surface area contributed by atoms with E-state index in [1.807, 2.05) is 18.3 Å². The lowest BCUT2D eigenvalue weighted by atomic mass is 10.1. The Labute approximate surface area is 125 Å². The van der Waals surface area contributed by atoms with Gasteiger partial charge in [-0.1, -0.05) is 6.92 Å². The molecule has 1 aliphatic rings. The average molecular weight is 288 g/mol. The SMILES string of the molecule is CCN1CCCCC1n1c(CCCO)nc2cccnc21. The van der Waals surface area contributed by atoms with Gasteiger partial charge in [0.15, 0.2) is 5.65 Å². The molecular weight excluding hydrogens is 264 g/mol. The van der Waals surface area contributed by atoms with Crippen LogP contribution in [0.1, 0.15) is 44.6 Å². The molecule has 1 fully saturated rings. The molecule has 1 N–H and O–H groups in total. The van der Waals surface area contributed by atoms with Gasteiger partial charge in [-0.3, -0.25) is 9.47 Å². The number of aliphatic hydroxyl groups excluding tert-OH is 1. The predicted molar refractivity (Wildman–Crippen MR) is 83.1 cm³/mol. The quantitative estimate of drug-likeness (QED) is 0.917. The molecule has 21 heavy (non-hydrogen) atoms. The van der Waals surface area contributed by atoms with E-state index >= 15 is 0 Å². The molecule has 0 radical (unpaired) electrons. The second-order valence-corrected chi connectivity index (χ2v) is 5.68. The standard InChI is InChI=1S/C16H24N4O/c1-2-19-11-4-3-9-15(19)20-14(8-6-12-21)18-13-7-5-10-17-16(13)20/h5,7,10,15,21H,2-4,6,8-9,11-12H2,1H3. The van der Waals surface area contributed by atoms with Crippen molar-refractivity contribution in [3.05, 3.63) is 24.2 Å². The lowest BCUT2D eigenvalue weighted by molar-refractivity contribution is 0.102. The second kappa shape index (κ2) is 6.54. The highest BCUT2D eigenvalue weighted by Crippen LogP contribution is 2.30. The maximum atomic E-state index is 9.14. The second-order valence-electron chi connectivity index (χ2n) is 5.68. The van der Waals surface area contributed by atoms with Crippen LogP contribution in [-0.4, -0.2) is 44.2 Å². The Hall–Kier alpha value is -1.46. The van der Waals surface area contributed by atoms with Crippen LogP contribution in [-0.2, 0) is 6.42 Å². The third-order valence-corrected chi connectivity index (χ3v) is 4.36. The van der Waals surface area contributed by atoms with E-state index in [4.69, 9.17) is 10.1 Å². The first kappa shape index (κ1) is 14.5. The Morgan fingerprint density at radius 1 is 1.38 bits per heavy atom. The molecule has 1 unspecified atom stereocenters. The van der Waals surface area contributed by atoms with Gasteiger partial charge in [0.05, 0.1) is 6.17 Å². The highest BCUT2D eigenvalue weighted by Gasteiger charge is 2.26. The fraction of sp³-hybridized carbons (Fsp3) is 0.625. The topological polar surface area (TPSA) is 54.2 Å². The van der Waals surface area contributed by atoms with Crippen LogP contribution >= 0.6 is 0 Å². The van der Waals surface area contributed by atoms with Gasteiger partial charge in [0.2, 0.25) is 0 Å². The summed E-state index contributed by atoms with van der Waals surface area (Å²) in [5.41, 5.74) is 1.95. The Morgan fingerprint density at radius 3 is 3.10 bits per heavy atom. The highest BCUT2D eigenvalue weighted by atomic mass is 16.2. The molecule has 2 aromatic heterocycles. The number of fused-ring (bicyclic) bond motifs is 1. The molecule has 2 aromatic rings. The van der Waals surface area contributed by atoms with E-state index in [2.05, 4.69) is 21.4 Å². The van der Waals surface area contributed by atoms with Crippen LogP contribution in [0.4, 0.5) is 0 Å². The summed E-state index contributed by atoms with van der Waals surface area (Å²) in [7, 11) is 0. The molecule has 0 aliphatic carbocycles. The Balaban J connectivity index is 2.04. The summed E-state index contributed by atoms with van der Waals surface area (Å²) in [5, 5.41) is 9.14. The van der Waals surface area contributed by atoms with Crippen molar-refractivity contribution in [2.75, 3.05) is 19.7 Å². The first-order valence-corrected chi connectivity index (χ1v) is 8.02. The molecule has 114 valence electrons. The number of likely N-dealkylation sites (tertiary alicyclic amines) is 1. The van der Waals surface area contributed by atoms with Gasteiger partial charge in [-0.15, -0.1) is 0 Å². The summed E-state index contributed by atoms with van der Waals surface area (Å²) in [6.45, 7) is 4.63. The average Bonchev–Trinajstić information content (AvgIpc) is 2.91. The van der Waals surface area contributed by atoms with Crippen LogP contribution < -0.4 is 0 Å². The van der Waals surface area contributed by atoms with Crippen LogP contribution in [0.25, 0.3) is 11.2 Å². The van der Waals surface area contributed by atoms with E-state index in [0.29, 0.717) is 6.17 Å². The number of aromatic nitrogens is 3. The summed E-state index contributed by atoms with van der Waals surface area (Å²) < 4.78 is 2.31. The number of aryl methyl sites for hydroxylation is 1. The van der Waals surface area contributed by atoms with E-state index in [9.17, 15) is 0 Å². The fourth-order valence-electron chi connectivity index (χ4n) is 3.34. The number of imidazole rings is 1. The van der Waals surface area contributed by atoms with Crippen molar-refractivity contribution in [2.24, 2.45) is 0 Å². The largest absolute Gasteiger partial charge is 0.396 e. The van der Waals surface area contributed by atoms with Gasteiger partial charge >= 0.3 is 0 Å². The summed E-state index contributed by atoms with van der Waals surface area (Å²) in [5.74, 6) is 1.06. The van der Waals surface area contributed by atoms with Crippen molar-refractivity contribution in [1.82, 2.24) is 19.4 Å². The smallest absolute Gasteiger partial charge is 0.161 e. The van der Waals surface area contributed by atoms with Crippen LogP contribution in [0, 0.1) is 0 Å². The van der Waals surface area contributed by atoms with Crippen LogP contribution in [0.3, 0.4) is 0 Å².